The van der Waals surface area contributed by atoms with Gasteiger partial charge in [-0.25, -0.2) is 10.1 Å². The van der Waals surface area contributed by atoms with Crippen LogP contribution in [0.1, 0.15) is 13.3 Å². The normalized spacial score (nSPS) is 33.2. The van der Waals surface area contributed by atoms with Crippen molar-refractivity contribution in [1.82, 2.24) is 0 Å². The van der Waals surface area contributed by atoms with Crippen LogP contribution in [0.3, 0.4) is 0 Å². The summed E-state index contributed by atoms with van der Waals surface area (Å²) in [5.74, 6) is 6.17. The molecule has 1 aliphatic rings. The summed E-state index contributed by atoms with van der Waals surface area (Å²) in [6.07, 6.45) is 2.84. The third kappa shape index (κ3) is 1.58. The highest BCUT2D eigenvalue weighted by atomic mass is 32.2. The minimum Gasteiger partial charge on any atom is -0.248 e. The molecule has 0 bridgehead atoms. The molecule has 58 valence electrons. The maximum absolute atomic E-state index is 11.4. The molecule has 1 atom stereocenters. The SMILES string of the molecule is CC1=CCS(=O)(=NN)CC1. The molecule has 0 aliphatic carbocycles. The fourth-order valence-corrected chi connectivity index (χ4v) is 2.42. The van der Waals surface area contributed by atoms with Crippen LogP contribution in [0.15, 0.2) is 16.1 Å². The number of allylic oxidation sites excluding steroid dienone is 1. The molecule has 1 rings (SSSR count). The molecule has 10 heavy (non-hydrogen) atoms. The molecule has 0 amide bonds. The Morgan fingerprint density at radius 3 is 2.90 bits per heavy atom. The Hall–Kier alpha value is -0.350. The maximum atomic E-state index is 11.4. The molecule has 3 nitrogen and oxygen atoms in total. The summed E-state index contributed by atoms with van der Waals surface area (Å²) in [6, 6.07) is 0. The lowest BCUT2D eigenvalue weighted by Crippen LogP contribution is -2.16. The van der Waals surface area contributed by atoms with Crippen molar-refractivity contribution in [3.05, 3.63) is 11.6 Å². The van der Waals surface area contributed by atoms with Crippen LogP contribution in [0, 0.1) is 0 Å². The van der Waals surface area contributed by atoms with Gasteiger partial charge in [0, 0.05) is 5.75 Å². The Bertz CT molecular complexity index is 261. The molecule has 1 unspecified atom stereocenters. The van der Waals surface area contributed by atoms with Crippen molar-refractivity contribution in [2.24, 2.45) is 10.3 Å². The minimum atomic E-state index is -2.03. The molecular weight excluding hydrogens is 148 g/mol. The van der Waals surface area contributed by atoms with E-state index in [1.165, 1.54) is 5.57 Å². The molecule has 1 aliphatic heterocycles. The van der Waals surface area contributed by atoms with E-state index in [2.05, 4.69) is 4.47 Å². The van der Waals surface area contributed by atoms with Gasteiger partial charge in [0.05, 0.1) is 15.5 Å². The number of rotatable bonds is 0. The third-order valence-corrected chi connectivity index (χ3v) is 3.61. The van der Waals surface area contributed by atoms with Gasteiger partial charge in [0.2, 0.25) is 0 Å². The van der Waals surface area contributed by atoms with Gasteiger partial charge in [0.25, 0.3) is 0 Å². The van der Waals surface area contributed by atoms with Gasteiger partial charge in [-0.15, -0.1) is 0 Å². The van der Waals surface area contributed by atoms with Crippen LogP contribution in [-0.4, -0.2) is 15.7 Å². The Kier molecular flexibility index (Phi) is 2.11. The smallest absolute Gasteiger partial charge is 0.0673 e. The van der Waals surface area contributed by atoms with Gasteiger partial charge < -0.3 is 0 Å². The minimum absolute atomic E-state index is 0.537. The molecule has 0 radical (unpaired) electrons. The molecular formula is C6H12N2OS. The lowest BCUT2D eigenvalue weighted by Gasteiger charge is -2.12. The molecule has 0 saturated carbocycles. The summed E-state index contributed by atoms with van der Waals surface area (Å²) >= 11 is 0. The second-order valence-electron chi connectivity index (χ2n) is 2.55. The lowest BCUT2D eigenvalue weighted by molar-refractivity contribution is 0.674. The molecule has 4 heteroatoms. The Morgan fingerprint density at radius 1 is 1.80 bits per heavy atom. The number of hydrogen-bond donors (Lipinski definition) is 1. The van der Waals surface area contributed by atoms with Gasteiger partial charge in [0.1, 0.15) is 0 Å². The monoisotopic (exact) mass is 160 g/mol. The van der Waals surface area contributed by atoms with Crippen molar-refractivity contribution in [3.63, 3.8) is 0 Å². The largest absolute Gasteiger partial charge is 0.248 e. The topological polar surface area (TPSA) is 55.5 Å². The number of nitrogens with two attached hydrogens (primary N) is 1. The van der Waals surface area contributed by atoms with E-state index in [0.717, 1.165) is 6.42 Å². The van der Waals surface area contributed by atoms with Crippen molar-refractivity contribution in [3.8, 4) is 0 Å². The average molecular weight is 160 g/mol. The van der Waals surface area contributed by atoms with Crippen LogP contribution in [0.5, 0.6) is 0 Å². The molecule has 0 saturated heterocycles. The first-order valence-electron chi connectivity index (χ1n) is 3.24. The molecule has 2 N–H and O–H groups in total. The summed E-state index contributed by atoms with van der Waals surface area (Å²) in [5, 5.41) is 0. The van der Waals surface area contributed by atoms with Gasteiger partial charge in [-0.2, -0.15) is 4.47 Å². The second kappa shape index (κ2) is 2.72. The Labute approximate surface area is 61.5 Å². The van der Waals surface area contributed by atoms with E-state index < -0.39 is 9.73 Å². The van der Waals surface area contributed by atoms with Gasteiger partial charge >= 0.3 is 0 Å². The number of hydrogen-bond acceptors (Lipinski definition) is 2. The van der Waals surface area contributed by atoms with E-state index >= 15 is 0 Å². The standard InChI is InChI=1S/C6H12N2OS/c1-6-2-4-10(9,8-7)5-3-6/h2H,3-5,7H2,1H3. The van der Waals surface area contributed by atoms with Crippen LogP contribution < -0.4 is 5.84 Å². The van der Waals surface area contributed by atoms with Gasteiger partial charge in [-0.05, 0) is 13.3 Å². The first-order chi connectivity index (χ1) is 4.66. The van der Waals surface area contributed by atoms with Crippen LogP contribution in [0.2, 0.25) is 0 Å². The van der Waals surface area contributed by atoms with Gasteiger partial charge in [0.15, 0.2) is 0 Å². The van der Waals surface area contributed by atoms with Crippen LogP contribution in [-0.2, 0) is 9.73 Å². The zero-order chi connectivity index (χ0) is 7.61. The van der Waals surface area contributed by atoms with Crippen molar-refractivity contribution in [2.45, 2.75) is 13.3 Å². The van der Waals surface area contributed by atoms with Crippen LogP contribution >= 0.6 is 0 Å². The predicted octanol–water partition coefficient (Wildman–Crippen LogP) is 0.678. The summed E-state index contributed by atoms with van der Waals surface area (Å²) in [7, 11) is -2.03. The van der Waals surface area contributed by atoms with Crippen LogP contribution in [0.4, 0.5) is 0 Å². The first kappa shape index (κ1) is 7.75. The molecule has 1 heterocycles. The first-order valence-corrected chi connectivity index (χ1v) is 5.09. The average Bonchev–Trinajstić information content (AvgIpc) is 1.96. The third-order valence-electron chi connectivity index (χ3n) is 1.70. The van der Waals surface area contributed by atoms with E-state index in [0.29, 0.717) is 11.5 Å². The van der Waals surface area contributed by atoms with E-state index in [1.54, 1.807) is 0 Å². The fourth-order valence-electron chi connectivity index (χ4n) is 0.874. The van der Waals surface area contributed by atoms with Crippen molar-refractivity contribution in [2.75, 3.05) is 11.5 Å². The fraction of sp³-hybridized carbons (Fsp3) is 0.667. The molecule has 0 fully saturated rings. The van der Waals surface area contributed by atoms with E-state index in [1.807, 2.05) is 13.0 Å². The molecule has 0 aromatic heterocycles. The van der Waals surface area contributed by atoms with Gasteiger partial charge in [-0.1, -0.05) is 11.6 Å². The van der Waals surface area contributed by atoms with E-state index in [4.69, 9.17) is 5.84 Å². The van der Waals surface area contributed by atoms with Crippen molar-refractivity contribution < 1.29 is 4.21 Å². The Balaban J connectivity index is 2.86. The highest BCUT2D eigenvalue weighted by Gasteiger charge is 2.11. The van der Waals surface area contributed by atoms with Crippen molar-refractivity contribution in [1.29, 1.82) is 0 Å². The summed E-state index contributed by atoms with van der Waals surface area (Å²) in [6.45, 7) is 2.04. The Morgan fingerprint density at radius 2 is 2.50 bits per heavy atom. The summed E-state index contributed by atoms with van der Waals surface area (Å²) < 4.78 is 14.8. The highest BCUT2D eigenvalue weighted by Crippen LogP contribution is 2.12. The second-order valence-corrected chi connectivity index (χ2v) is 5.05. The van der Waals surface area contributed by atoms with Gasteiger partial charge in [-0.3, -0.25) is 0 Å². The summed E-state index contributed by atoms with van der Waals surface area (Å²) in [4.78, 5) is 0. The van der Waals surface area contributed by atoms with E-state index in [9.17, 15) is 4.21 Å². The van der Waals surface area contributed by atoms with E-state index in [-0.39, 0.29) is 0 Å². The highest BCUT2D eigenvalue weighted by molar-refractivity contribution is 7.93. The lowest BCUT2D eigenvalue weighted by atomic mass is 10.2. The quantitative estimate of drug-likeness (QED) is 0.322. The molecule has 0 spiro atoms. The van der Waals surface area contributed by atoms with Crippen molar-refractivity contribution >= 4 is 9.73 Å². The summed E-state index contributed by atoms with van der Waals surface area (Å²) in [5.41, 5.74) is 1.29. The van der Waals surface area contributed by atoms with Crippen LogP contribution in [0.25, 0.3) is 0 Å². The molecule has 0 aromatic carbocycles. The zero-order valence-electron chi connectivity index (χ0n) is 6.04. The maximum Gasteiger partial charge on any atom is 0.0673 e. The molecule has 0 aromatic rings. The number of nitrogens with zero attached hydrogens (tertiary/aromatic N) is 1. The predicted molar refractivity (Wildman–Crippen MR) is 42.9 cm³/mol. The zero-order valence-corrected chi connectivity index (χ0v) is 6.86.